The Labute approximate surface area is 70.3 Å². The van der Waals surface area contributed by atoms with Gasteiger partial charge in [-0.3, -0.25) is 0 Å². The van der Waals surface area contributed by atoms with Crippen LogP contribution >= 0.6 is 0 Å². The fourth-order valence-corrected chi connectivity index (χ4v) is 0.642. The molecule has 0 N–H and O–H groups in total. The van der Waals surface area contributed by atoms with E-state index in [9.17, 15) is 0 Å². The molecule has 1 aliphatic rings. The molecular weight excluding hydrogens is 161 g/mol. The number of hydrogen-bond donors (Lipinski definition) is 0. The van der Waals surface area contributed by atoms with E-state index in [2.05, 4.69) is 18.6 Å². The zero-order chi connectivity index (χ0) is 4.24. The van der Waals surface area contributed by atoms with E-state index in [1.807, 2.05) is 0 Å². The van der Waals surface area contributed by atoms with Crippen molar-refractivity contribution in [2.75, 3.05) is 0 Å². The van der Waals surface area contributed by atoms with Crippen LogP contribution in [0.25, 0.3) is 0 Å². The third kappa shape index (κ3) is 3.31. The molecule has 0 amide bonds. The van der Waals surface area contributed by atoms with Crippen molar-refractivity contribution < 1.29 is 32.7 Å². The first kappa shape index (κ1) is 7.71. The summed E-state index contributed by atoms with van der Waals surface area (Å²) in [6, 6.07) is 0. The first-order valence-corrected chi connectivity index (χ1v) is 2.48. The maximum atomic E-state index is 2.21. The van der Waals surface area contributed by atoms with Crippen LogP contribution in [0.2, 0.25) is 0 Å². The first-order valence-electron chi connectivity index (χ1n) is 2.48. The summed E-state index contributed by atoms with van der Waals surface area (Å²) in [6.45, 7) is 0. The molecule has 1 rings (SSSR count). The molecule has 0 aromatic heterocycles. The normalized spacial score (nSPS) is 17.1. The van der Waals surface area contributed by atoms with Gasteiger partial charge in [0.15, 0.2) is 0 Å². The molecule has 0 saturated carbocycles. The predicted octanol–water partition coefficient (Wildman–Crippen LogP) is 1.93. The SMILES string of the molecule is C1=CCCC[CH-]1.[Y]. The van der Waals surface area contributed by atoms with E-state index in [0.717, 1.165) is 0 Å². The van der Waals surface area contributed by atoms with Gasteiger partial charge in [-0.1, -0.05) is 6.42 Å². The fraction of sp³-hybridized carbons (Fsp3) is 0.500. The van der Waals surface area contributed by atoms with E-state index < -0.39 is 0 Å². The van der Waals surface area contributed by atoms with Gasteiger partial charge in [-0.25, -0.2) is 18.6 Å². The monoisotopic (exact) mass is 170 g/mol. The van der Waals surface area contributed by atoms with Crippen LogP contribution in [-0.4, -0.2) is 0 Å². The summed E-state index contributed by atoms with van der Waals surface area (Å²) in [7, 11) is 0. The molecule has 0 bridgehead atoms. The van der Waals surface area contributed by atoms with E-state index in [1.165, 1.54) is 19.3 Å². The molecule has 0 nitrogen and oxygen atoms in total. The van der Waals surface area contributed by atoms with Gasteiger partial charge in [0.25, 0.3) is 0 Å². The average Bonchev–Trinajstić information content (AvgIpc) is 1.72. The zero-order valence-electron chi connectivity index (χ0n) is 4.43. The maximum Gasteiger partial charge on any atom is 0 e. The molecule has 0 unspecified atom stereocenters. The molecule has 0 aliphatic heterocycles. The minimum Gasteiger partial charge on any atom is -0.232 e. The Morgan fingerprint density at radius 2 is 2.29 bits per heavy atom. The van der Waals surface area contributed by atoms with Crippen molar-refractivity contribution in [2.24, 2.45) is 0 Å². The van der Waals surface area contributed by atoms with Crippen molar-refractivity contribution in [3.05, 3.63) is 18.6 Å². The molecule has 0 spiro atoms. The zero-order valence-corrected chi connectivity index (χ0v) is 7.27. The van der Waals surface area contributed by atoms with Crippen LogP contribution in [0.3, 0.4) is 0 Å². The minimum atomic E-state index is 0. The molecule has 0 atom stereocenters. The Hall–Kier alpha value is 0.714. The second kappa shape index (κ2) is 4.86. The number of rotatable bonds is 0. The molecule has 37 valence electrons. The van der Waals surface area contributed by atoms with E-state index in [0.29, 0.717) is 0 Å². The summed E-state index contributed by atoms with van der Waals surface area (Å²) in [4.78, 5) is 0. The van der Waals surface area contributed by atoms with Crippen molar-refractivity contribution in [1.82, 2.24) is 0 Å². The van der Waals surface area contributed by atoms with Crippen LogP contribution in [0, 0.1) is 6.42 Å². The van der Waals surface area contributed by atoms with Gasteiger partial charge in [-0.15, -0.1) is 12.8 Å². The Balaban J connectivity index is 0.000000360. The average molecular weight is 170 g/mol. The first-order chi connectivity index (χ1) is 3.00. The molecule has 0 saturated heterocycles. The van der Waals surface area contributed by atoms with Crippen LogP contribution in [0.1, 0.15) is 19.3 Å². The topological polar surface area (TPSA) is 0 Å². The number of hydrogen-bond acceptors (Lipinski definition) is 0. The molecule has 1 radical (unpaired) electrons. The van der Waals surface area contributed by atoms with Crippen LogP contribution in [0.5, 0.6) is 0 Å². The van der Waals surface area contributed by atoms with E-state index >= 15 is 0 Å². The van der Waals surface area contributed by atoms with Crippen molar-refractivity contribution in [1.29, 1.82) is 0 Å². The Bertz CT molecular complexity index is 49.2. The third-order valence-corrected chi connectivity index (χ3v) is 1.01. The Morgan fingerprint density at radius 3 is 2.43 bits per heavy atom. The van der Waals surface area contributed by atoms with Crippen molar-refractivity contribution in [2.45, 2.75) is 19.3 Å². The van der Waals surface area contributed by atoms with Gasteiger partial charge in [0, 0.05) is 32.7 Å². The molecule has 7 heavy (non-hydrogen) atoms. The number of allylic oxidation sites excluding steroid dienone is 2. The summed E-state index contributed by atoms with van der Waals surface area (Å²) in [6.07, 6.45) is 10.5. The van der Waals surface area contributed by atoms with E-state index in [4.69, 9.17) is 0 Å². The summed E-state index contributed by atoms with van der Waals surface area (Å²) in [5.74, 6) is 0. The van der Waals surface area contributed by atoms with Crippen LogP contribution in [-0.2, 0) is 32.7 Å². The van der Waals surface area contributed by atoms with Crippen LogP contribution < -0.4 is 0 Å². The predicted molar refractivity (Wildman–Crippen MR) is 27.3 cm³/mol. The largest absolute Gasteiger partial charge is 0.232 e. The smallest absolute Gasteiger partial charge is 0 e. The van der Waals surface area contributed by atoms with Gasteiger partial charge in [-0.05, 0) is 0 Å². The van der Waals surface area contributed by atoms with E-state index in [1.54, 1.807) is 0 Å². The summed E-state index contributed by atoms with van der Waals surface area (Å²) < 4.78 is 0. The second-order valence-corrected chi connectivity index (χ2v) is 1.59. The molecule has 0 aromatic rings. The molecule has 0 aromatic carbocycles. The second-order valence-electron chi connectivity index (χ2n) is 1.59. The molecule has 0 heterocycles. The minimum absolute atomic E-state index is 0. The molecule has 0 fully saturated rings. The Kier molecular flexibility index (Phi) is 5.36. The van der Waals surface area contributed by atoms with Crippen LogP contribution in [0.4, 0.5) is 0 Å². The molecular formula is C6H9Y-. The van der Waals surface area contributed by atoms with Gasteiger partial charge in [0.2, 0.25) is 0 Å². The van der Waals surface area contributed by atoms with E-state index in [-0.39, 0.29) is 32.7 Å². The van der Waals surface area contributed by atoms with Gasteiger partial charge in [0.05, 0.1) is 0 Å². The van der Waals surface area contributed by atoms with Gasteiger partial charge < -0.3 is 0 Å². The summed E-state index contributed by atoms with van der Waals surface area (Å²) in [5.41, 5.74) is 0. The fourth-order valence-electron chi connectivity index (χ4n) is 0.642. The van der Waals surface area contributed by atoms with Crippen molar-refractivity contribution in [3.63, 3.8) is 0 Å². The van der Waals surface area contributed by atoms with Gasteiger partial charge in [-0.2, -0.15) is 0 Å². The molecule has 1 heteroatoms. The summed E-state index contributed by atoms with van der Waals surface area (Å²) in [5, 5.41) is 0. The summed E-state index contributed by atoms with van der Waals surface area (Å²) >= 11 is 0. The maximum absolute atomic E-state index is 2.21. The van der Waals surface area contributed by atoms with Crippen LogP contribution in [0.15, 0.2) is 12.2 Å². The Morgan fingerprint density at radius 1 is 1.43 bits per heavy atom. The van der Waals surface area contributed by atoms with Crippen molar-refractivity contribution in [3.8, 4) is 0 Å². The quantitative estimate of drug-likeness (QED) is 0.487. The van der Waals surface area contributed by atoms with Gasteiger partial charge in [0.1, 0.15) is 0 Å². The third-order valence-electron chi connectivity index (χ3n) is 1.01. The van der Waals surface area contributed by atoms with Crippen molar-refractivity contribution >= 4 is 0 Å². The van der Waals surface area contributed by atoms with Gasteiger partial charge >= 0.3 is 0 Å². The standard InChI is InChI=1S/C6H9.Y/c1-2-4-6-5-3-1;/h1-3H,4-6H2;/q-1;. The molecule has 1 aliphatic carbocycles.